The molecule has 2 aromatic heterocycles. The second kappa shape index (κ2) is 6.87. The third-order valence-electron chi connectivity index (χ3n) is 7.85. The van der Waals surface area contributed by atoms with Gasteiger partial charge in [0.1, 0.15) is 5.52 Å². The Labute approximate surface area is 187 Å². The van der Waals surface area contributed by atoms with Gasteiger partial charge in [0.25, 0.3) is 0 Å². The number of likely N-dealkylation sites (tertiary alicyclic amines) is 1. The molecule has 6 nitrogen and oxygen atoms in total. The van der Waals surface area contributed by atoms with Gasteiger partial charge in [-0.1, -0.05) is 48.5 Å². The SMILES string of the molecule is c1ccc2c(c1)C1CC2(CN2CCC(Nc3ncc4[nH]cnc4n3)CC2)c2ccccc21. The second-order valence-electron chi connectivity index (χ2n) is 9.54. The van der Waals surface area contributed by atoms with E-state index in [1.54, 1.807) is 34.8 Å². The summed E-state index contributed by atoms with van der Waals surface area (Å²) < 4.78 is 0. The summed E-state index contributed by atoms with van der Waals surface area (Å²) in [6, 6.07) is 18.7. The monoisotopic (exact) mass is 422 g/mol. The fraction of sp³-hybridized carbons (Fsp3) is 0.346. The predicted octanol–water partition coefficient (Wildman–Crippen LogP) is 4.06. The van der Waals surface area contributed by atoms with Crippen molar-refractivity contribution >= 4 is 17.1 Å². The van der Waals surface area contributed by atoms with Crippen LogP contribution in [0.25, 0.3) is 11.2 Å². The Morgan fingerprint density at radius 1 is 0.969 bits per heavy atom. The normalized spacial score (nSPS) is 24.6. The summed E-state index contributed by atoms with van der Waals surface area (Å²) in [5.41, 5.74) is 7.95. The average molecular weight is 423 g/mol. The van der Waals surface area contributed by atoms with Gasteiger partial charge in [-0.2, -0.15) is 4.98 Å². The first kappa shape index (κ1) is 18.3. The van der Waals surface area contributed by atoms with Gasteiger partial charge in [0.2, 0.25) is 5.95 Å². The van der Waals surface area contributed by atoms with Gasteiger partial charge in [-0.05, 0) is 41.5 Å². The quantitative estimate of drug-likeness (QED) is 0.519. The van der Waals surface area contributed by atoms with Gasteiger partial charge >= 0.3 is 0 Å². The molecule has 4 aromatic rings. The fourth-order valence-electron chi connectivity index (χ4n) is 6.41. The molecule has 0 spiro atoms. The summed E-state index contributed by atoms with van der Waals surface area (Å²) in [5, 5.41) is 3.54. The molecule has 2 aliphatic carbocycles. The van der Waals surface area contributed by atoms with Crippen molar-refractivity contribution in [2.24, 2.45) is 0 Å². The summed E-state index contributed by atoms with van der Waals surface area (Å²) in [6.07, 6.45) is 6.89. The van der Waals surface area contributed by atoms with Gasteiger partial charge < -0.3 is 15.2 Å². The summed E-state index contributed by atoms with van der Waals surface area (Å²) in [5.74, 6) is 1.25. The van der Waals surface area contributed by atoms with Crippen LogP contribution in [0.2, 0.25) is 0 Å². The van der Waals surface area contributed by atoms with E-state index in [9.17, 15) is 0 Å². The highest BCUT2D eigenvalue weighted by Gasteiger charge is 2.53. The van der Waals surface area contributed by atoms with E-state index >= 15 is 0 Å². The van der Waals surface area contributed by atoms with Crippen LogP contribution in [0.15, 0.2) is 61.1 Å². The van der Waals surface area contributed by atoms with Crippen molar-refractivity contribution in [1.29, 1.82) is 0 Å². The average Bonchev–Trinajstić information content (AvgIpc) is 3.52. The Morgan fingerprint density at radius 3 is 2.44 bits per heavy atom. The highest BCUT2D eigenvalue weighted by Crippen LogP contribution is 2.60. The van der Waals surface area contributed by atoms with Crippen LogP contribution in [0, 0.1) is 0 Å². The molecular formula is C26H26N6. The standard InChI is InChI=1S/C26H26N6/c1-3-7-21-18(5-1)20-13-26(21,22-8-4-2-6-19(20)22)15-32-11-9-17(10-12-32)30-25-27-14-23-24(31-25)29-16-28-23/h1-8,14,16-17,20H,9-13,15H2,(H2,27,28,29,30,31). The minimum Gasteiger partial charge on any atom is -0.351 e. The Bertz CT molecular complexity index is 1250. The van der Waals surface area contributed by atoms with Crippen molar-refractivity contribution in [3.8, 4) is 0 Å². The van der Waals surface area contributed by atoms with Crippen LogP contribution in [0.4, 0.5) is 5.95 Å². The second-order valence-corrected chi connectivity index (χ2v) is 9.54. The van der Waals surface area contributed by atoms with E-state index in [0.717, 1.165) is 38.0 Å². The molecule has 1 fully saturated rings. The number of nitrogens with one attached hydrogen (secondary N) is 2. The van der Waals surface area contributed by atoms with Gasteiger partial charge in [-0.15, -0.1) is 0 Å². The predicted molar refractivity (Wildman–Crippen MR) is 125 cm³/mol. The highest BCUT2D eigenvalue weighted by atomic mass is 15.2. The number of imidazole rings is 1. The summed E-state index contributed by atoms with van der Waals surface area (Å²) in [7, 11) is 0. The third-order valence-corrected chi connectivity index (χ3v) is 7.85. The molecule has 1 aliphatic heterocycles. The molecule has 160 valence electrons. The molecular weight excluding hydrogens is 396 g/mol. The van der Waals surface area contributed by atoms with Crippen molar-refractivity contribution in [3.05, 3.63) is 83.3 Å². The number of aromatic amines is 1. The summed E-state index contributed by atoms with van der Waals surface area (Å²) in [4.78, 5) is 19.0. The Morgan fingerprint density at radius 2 is 1.69 bits per heavy atom. The largest absolute Gasteiger partial charge is 0.351 e. The van der Waals surface area contributed by atoms with Crippen molar-refractivity contribution in [2.75, 3.05) is 25.0 Å². The van der Waals surface area contributed by atoms with Gasteiger partial charge in [-0.3, -0.25) is 0 Å². The number of H-pyrrole nitrogens is 1. The van der Waals surface area contributed by atoms with E-state index in [1.807, 2.05) is 0 Å². The fourth-order valence-corrected chi connectivity index (χ4v) is 6.41. The number of rotatable bonds is 4. The number of piperidine rings is 1. The van der Waals surface area contributed by atoms with Gasteiger partial charge in [0.15, 0.2) is 5.65 Å². The molecule has 3 heterocycles. The molecule has 32 heavy (non-hydrogen) atoms. The third kappa shape index (κ3) is 2.65. The first-order valence-electron chi connectivity index (χ1n) is 11.6. The van der Waals surface area contributed by atoms with E-state index in [1.165, 1.54) is 6.42 Å². The van der Waals surface area contributed by atoms with Crippen LogP contribution in [0.5, 0.6) is 0 Å². The maximum atomic E-state index is 4.53. The first-order valence-corrected chi connectivity index (χ1v) is 11.6. The summed E-state index contributed by atoms with van der Waals surface area (Å²) >= 11 is 0. The minimum atomic E-state index is 0.145. The van der Waals surface area contributed by atoms with Crippen molar-refractivity contribution in [2.45, 2.75) is 36.6 Å². The highest BCUT2D eigenvalue weighted by molar-refractivity contribution is 5.69. The number of hydrogen-bond acceptors (Lipinski definition) is 5. The van der Waals surface area contributed by atoms with Crippen molar-refractivity contribution in [3.63, 3.8) is 0 Å². The molecule has 0 unspecified atom stereocenters. The smallest absolute Gasteiger partial charge is 0.225 e. The zero-order valence-electron chi connectivity index (χ0n) is 18.0. The van der Waals surface area contributed by atoms with Crippen LogP contribution in [0.3, 0.4) is 0 Å². The maximum Gasteiger partial charge on any atom is 0.225 e. The number of hydrogen-bond donors (Lipinski definition) is 2. The molecule has 1 saturated heterocycles. The number of benzene rings is 2. The lowest BCUT2D eigenvalue weighted by molar-refractivity contribution is 0.186. The molecule has 0 radical (unpaired) electrons. The summed E-state index contributed by atoms with van der Waals surface area (Å²) in [6.45, 7) is 3.30. The van der Waals surface area contributed by atoms with Crippen LogP contribution in [-0.4, -0.2) is 50.5 Å². The lowest BCUT2D eigenvalue weighted by Crippen LogP contribution is -2.46. The molecule has 2 aromatic carbocycles. The lowest BCUT2D eigenvalue weighted by atomic mass is 9.74. The first-order chi connectivity index (χ1) is 15.8. The molecule has 6 heteroatoms. The van der Waals surface area contributed by atoms with E-state index in [0.29, 0.717) is 23.6 Å². The molecule has 2 bridgehead atoms. The molecule has 0 atom stereocenters. The van der Waals surface area contributed by atoms with Gasteiger partial charge in [-0.25, -0.2) is 9.97 Å². The number of nitrogens with zero attached hydrogens (tertiary/aromatic N) is 4. The van der Waals surface area contributed by atoms with Crippen LogP contribution < -0.4 is 5.32 Å². The Hall–Kier alpha value is -3.25. The maximum absolute atomic E-state index is 4.53. The van der Waals surface area contributed by atoms with Crippen molar-refractivity contribution in [1.82, 2.24) is 24.8 Å². The van der Waals surface area contributed by atoms with Crippen LogP contribution in [0.1, 0.15) is 47.4 Å². The van der Waals surface area contributed by atoms with E-state index in [4.69, 9.17) is 0 Å². The Kier molecular flexibility index (Phi) is 3.94. The Balaban J connectivity index is 1.09. The molecule has 7 rings (SSSR count). The van der Waals surface area contributed by atoms with Crippen molar-refractivity contribution < 1.29 is 0 Å². The molecule has 0 amide bonds. The van der Waals surface area contributed by atoms with E-state index in [2.05, 4.69) is 78.7 Å². The van der Waals surface area contributed by atoms with Gasteiger partial charge in [0, 0.05) is 37.0 Å². The number of aromatic nitrogens is 4. The van der Waals surface area contributed by atoms with Crippen LogP contribution >= 0.6 is 0 Å². The molecule has 2 N–H and O–H groups in total. The number of fused-ring (bicyclic) bond motifs is 9. The molecule has 3 aliphatic rings. The minimum absolute atomic E-state index is 0.145. The van der Waals surface area contributed by atoms with Gasteiger partial charge in [0.05, 0.1) is 12.5 Å². The van der Waals surface area contributed by atoms with Crippen LogP contribution in [-0.2, 0) is 5.41 Å². The topological polar surface area (TPSA) is 69.7 Å². The number of anilines is 1. The molecule has 0 saturated carbocycles. The van der Waals surface area contributed by atoms with E-state index in [-0.39, 0.29) is 5.41 Å². The lowest BCUT2D eigenvalue weighted by Gasteiger charge is -2.40. The zero-order chi connectivity index (χ0) is 21.1. The zero-order valence-corrected chi connectivity index (χ0v) is 18.0. The van der Waals surface area contributed by atoms with E-state index < -0.39 is 0 Å².